The van der Waals surface area contributed by atoms with Gasteiger partial charge in [-0.3, -0.25) is 9.59 Å². The van der Waals surface area contributed by atoms with Gasteiger partial charge in [0, 0.05) is 17.1 Å². The number of hydrogen-bond donors (Lipinski definition) is 1. The number of carbonyl (C=O) groups is 2. The zero-order valence-electron chi connectivity index (χ0n) is 17.4. The Morgan fingerprint density at radius 2 is 1.73 bits per heavy atom. The van der Waals surface area contributed by atoms with Crippen molar-refractivity contribution in [2.45, 2.75) is 12.6 Å². The van der Waals surface area contributed by atoms with Crippen molar-refractivity contribution in [3.8, 4) is 0 Å². The summed E-state index contributed by atoms with van der Waals surface area (Å²) < 4.78 is 0. The second-order valence-electron chi connectivity index (χ2n) is 7.51. The van der Waals surface area contributed by atoms with E-state index in [-0.39, 0.29) is 17.6 Å². The van der Waals surface area contributed by atoms with Gasteiger partial charge in [0.05, 0.1) is 11.4 Å². The SMILES string of the molecule is O=C(CSC1=Nc2ccccc2C2=N[C@H](c3ccccc3)C(=O)N12)NCc1ccccc1Cl. The second kappa shape index (κ2) is 9.21. The molecule has 2 amide bonds. The van der Waals surface area contributed by atoms with Crippen LogP contribution in [0.25, 0.3) is 0 Å². The molecule has 3 aromatic carbocycles. The molecular formula is C25H19ClN4O2S. The van der Waals surface area contributed by atoms with E-state index in [0.717, 1.165) is 22.4 Å². The third kappa shape index (κ3) is 4.29. The molecule has 2 heterocycles. The van der Waals surface area contributed by atoms with Crippen LogP contribution >= 0.6 is 23.4 Å². The van der Waals surface area contributed by atoms with Gasteiger partial charge in [0.2, 0.25) is 5.91 Å². The summed E-state index contributed by atoms with van der Waals surface area (Å²) in [5.74, 6) is 0.330. The summed E-state index contributed by atoms with van der Waals surface area (Å²) in [6, 6.07) is 23.8. The summed E-state index contributed by atoms with van der Waals surface area (Å²) in [6.45, 7) is 0.333. The maximum absolute atomic E-state index is 13.4. The van der Waals surface area contributed by atoms with E-state index in [1.807, 2.05) is 72.8 Å². The summed E-state index contributed by atoms with van der Waals surface area (Å²) >= 11 is 7.38. The lowest BCUT2D eigenvalue weighted by atomic mass is 10.1. The summed E-state index contributed by atoms with van der Waals surface area (Å²) in [5, 5.41) is 3.92. The molecule has 164 valence electrons. The van der Waals surface area contributed by atoms with Gasteiger partial charge >= 0.3 is 0 Å². The minimum atomic E-state index is -0.632. The van der Waals surface area contributed by atoms with Gasteiger partial charge in [0.15, 0.2) is 11.2 Å². The van der Waals surface area contributed by atoms with Crippen LogP contribution in [0.1, 0.15) is 22.7 Å². The zero-order chi connectivity index (χ0) is 22.8. The van der Waals surface area contributed by atoms with Crippen molar-refractivity contribution >= 4 is 51.9 Å². The van der Waals surface area contributed by atoms with Gasteiger partial charge in [-0.15, -0.1) is 0 Å². The molecule has 0 fully saturated rings. The number of nitrogens with zero attached hydrogens (tertiary/aromatic N) is 3. The molecular weight excluding hydrogens is 456 g/mol. The Morgan fingerprint density at radius 1 is 1.00 bits per heavy atom. The van der Waals surface area contributed by atoms with Crippen molar-refractivity contribution < 1.29 is 9.59 Å². The first-order chi connectivity index (χ1) is 16.1. The molecule has 1 atom stereocenters. The maximum atomic E-state index is 13.4. The molecule has 1 N–H and O–H groups in total. The van der Waals surface area contributed by atoms with Crippen LogP contribution in [0, 0.1) is 0 Å². The van der Waals surface area contributed by atoms with E-state index in [1.165, 1.54) is 16.7 Å². The van der Waals surface area contributed by atoms with Crippen LogP contribution < -0.4 is 5.32 Å². The first-order valence-corrected chi connectivity index (χ1v) is 11.8. The third-order valence-electron chi connectivity index (χ3n) is 5.35. The largest absolute Gasteiger partial charge is 0.351 e. The molecule has 0 aromatic heterocycles. The number of nitrogens with one attached hydrogen (secondary N) is 1. The molecule has 6 nitrogen and oxygen atoms in total. The number of para-hydroxylation sites is 1. The molecule has 0 unspecified atom stereocenters. The number of rotatable bonds is 5. The van der Waals surface area contributed by atoms with Crippen molar-refractivity contribution in [2.75, 3.05) is 5.75 Å². The number of thioether (sulfide) groups is 1. The van der Waals surface area contributed by atoms with Gasteiger partial charge in [-0.25, -0.2) is 14.9 Å². The van der Waals surface area contributed by atoms with E-state index in [4.69, 9.17) is 16.6 Å². The summed E-state index contributed by atoms with van der Waals surface area (Å²) in [6.07, 6.45) is 0. The van der Waals surface area contributed by atoms with E-state index in [1.54, 1.807) is 6.07 Å². The van der Waals surface area contributed by atoms with Gasteiger partial charge in [-0.05, 0) is 29.3 Å². The predicted octanol–water partition coefficient (Wildman–Crippen LogP) is 4.72. The van der Waals surface area contributed by atoms with Gasteiger partial charge in [-0.1, -0.05) is 84.0 Å². The van der Waals surface area contributed by atoms with E-state index in [2.05, 4.69) is 10.3 Å². The molecule has 0 aliphatic carbocycles. The second-order valence-corrected chi connectivity index (χ2v) is 8.86. The molecule has 0 saturated carbocycles. The number of hydrogen-bond acceptors (Lipinski definition) is 5. The van der Waals surface area contributed by atoms with Crippen LogP contribution in [0.4, 0.5) is 5.69 Å². The fourth-order valence-corrected chi connectivity index (χ4v) is 4.75. The van der Waals surface area contributed by atoms with E-state index in [9.17, 15) is 9.59 Å². The number of amides is 2. The number of amidine groups is 2. The Balaban J connectivity index is 1.35. The van der Waals surface area contributed by atoms with Gasteiger partial charge in [0.1, 0.15) is 5.84 Å². The predicted molar refractivity (Wildman–Crippen MR) is 132 cm³/mol. The Hall–Kier alpha value is -3.42. The standard InChI is InChI=1S/C25H19ClN4O2S/c26-19-12-6-4-10-17(19)14-27-21(31)15-33-25-28-20-13-7-5-11-18(20)23-29-22(24(32)30(23)25)16-8-2-1-3-9-16/h1-13,22H,14-15H2,(H,27,31)/t22-/m1/s1. The monoisotopic (exact) mass is 474 g/mol. The Labute approximate surface area is 200 Å². The highest BCUT2D eigenvalue weighted by Crippen LogP contribution is 2.37. The molecule has 3 aromatic rings. The average Bonchev–Trinajstić information content (AvgIpc) is 3.20. The molecule has 2 aliphatic rings. The molecule has 0 saturated heterocycles. The average molecular weight is 475 g/mol. The smallest absolute Gasteiger partial charge is 0.263 e. The molecule has 0 bridgehead atoms. The van der Waals surface area contributed by atoms with Gasteiger partial charge in [0.25, 0.3) is 5.91 Å². The Kier molecular flexibility index (Phi) is 5.98. The van der Waals surface area contributed by atoms with Crippen molar-refractivity contribution in [3.05, 3.63) is 101 Å². The van der Waals surface area contributed by atoms with Crippen LogP contribution in [0.5, 0.6) is 0 Å². The van der Waals surface area contributed by atoms with Crippen LogP contribution in [-0.4, -0.2) is 33.5 Å². The highest BCUT2D eigenvalue weighted by molar-refractivity contribution is 8.14. The molecule has 5 rings (SSSR count). The fraction of sp³-hybridized carbons (Fsp3) is 0.120. The quantitative estimate of drug-likeness (QED) is 0.581. The molecule has 2 aliphatic heterocycles. The lowest BCUT2D eigenvalue weighted by Crippen LogP contribution is -2.40. The third-order valence-corrected chi connectivity index (χ3v) is 6.66. The summed E-state index contributed by atoms with van der Waals surface area (Å²) in [4.78, 5) is 36.8. The number of benzene rings is 3. The minimum absolute atomic E-state index is 0.110. The highest BCUT2D eigenvalue weighted by atomic mass is 35.5. The normalized spacial score (nSPS) is 16.6. The Bertz CT molecular complexity index is 1290. The molecule has 0 radical (unpaired) electrons. The van der Waals surface area contributed by atoms with Gasteiger partial charge < -0.3 is 5.32 Å². The number of halogens is 1. The lowest BCUT2D eigenvalue weighted by molar-refractivity contribution is -0.124. The first kappa shape index (κ1) is 21.4. The number of fused-ring (bicyclic) bond motifs is 3. The number of carbonyl (C=O) groups excluding carboxylic acids is 2. The van der Waals surface area contributed by atoms with Gasteiger partial charge in [-0.2, -0.15) is 0 Å². The zero-order valence-corrected chi connectivity index (χ0v) is 19.0. The summed E-state index contributed by atoms with van der Waals surface area (Å²) in [5.41, 5.74) is 3.20. The van der Waals surface area contributed by atoms with Crippen LogP contribution in [0.3, 0.4) is 0 Å². The summed E-state index contributed by atoms with van der Waals surface area (Å²) in [7, 11) is 0. The highest BCUT2D eigenvalue weighted by Gasteiger charge is 2.42. The molecule has 33 heavy (non-hydrogen) atoms. The topological polar surface area (TPSA) is 74.1 Å². The van der Waals surface area contributed by atoms with Crippen LogP contribution in [-0.2, 0) is 16.1 Å². The van der Waals surface area contributed by atoms with Crippen molar-refractivity contribution in [3.63, 3.8) is 0 Å². The van der Waals surface area contributed by atoms with E-state index >= 15 is 0 Å². The van der Waals surface area contributed by atoms with Crippen molar-refractivity contribution in [1.82, 2.24) is 10.2 Å². The maximum Gasteiger partial charge on any atom is 0.263 e. The van der Waals surface area contributed by atoms with Crippen molar-refractivity contribution in [2.24, 2.45) is 9.98 Å². The number of aliphatic imine (C=N–C) groups is 2. The Morgan fingerprint density at radius 3 is 2.55 bits per heavy atom. The lowest BCUT2D eigenvalue weighted by Gasteiger charge is -2.25. The van der Waals surface area contributed by atoms with E-state index < -0.39 is 6.04 Å². The minimum Gasteiger partial charge on any atom is -0.351 e. The van der Waals surface area contributed by atoms with Crippen LogP contribution in [0.15, 0.2) is 88.8 Å². The fourth-order valence-electron chi connectivity index (χ4n) is 3.72. The first-order valence-electron chi connectivity index (χ1n) is 10.4. The van der Waals surface area contributed by atoms with Crippen LogP contribution in [0.2, 0.25) is 5.02 Å². The molecule has 0 spiro atoms. The van der Waals surface area contributed by atoms with E-state index in [0.29, 0.717) is 22.6 Å². The van der Waals surface area contributed by atoms with Crippen molar-refractivity contribution in [1.29, 1.82) is 0 Å². The molecule has 8 heteroatoms.